The molecule has 28 heavy (non-hydrogen) atoms. The smallest absolute Gasteiger partial charge is 0.304 e. The molecule has 0 aliphatic rings. The number of rotatable bonds is 10. The average Bonchev–Trinajstić information content (AvgIpc) is 2.64. The first kappa shape index (κ1) is 21.4. The van der Waals surface area contributed by atoms with Crippen molar-refractivity contribution in [3.63, 3.8) is 0 Å². The summed E-state index contributed by atoms with van der Waals surface area (Å²) >= 11 is 1.50. The van der Waals surface area contributed by atoms with Crippen LogP contribution in [0.2, 0.25) is 0 Å². The van der Waals surface area contributed by atoms with Crippen molar-refractivity contribution >= 4 is 35.2 Å². The molecule has 0 heterocycles. The lowest BCUT2D eigenvalue weighted by Gasteiger charge is -2.09. The molecule has 0 aliphatic carbocycles. The SMILES string of the molecule is O=C(O)CCSCc1cccc(NC(=O)CNC(=O)Cc2cccc(F)c2)c1. The predicted octanol–water partition coefficient (Wildman–Crippen LogP) is 2.83. The Morgan fingerprint density at radius 1 is 1.00 bits per heavy atom. The third kappa shape index (κ3) is 8.22. The molecule has 2 rings (SSSR count). The first-order chi connectivity index (χ1) is 13.4. The van der Waals surface area contributed by atoms with E-state index >= 15 is 0 Å². The minimum atomic E-state index is -0.826. The Balaban J connectivity index is 1.75. The summed E-state index contributed by atoms with van der Waals surface area (Å²) in [6.45, 7) is -0.189. The number of carbonyl (C=O) groups excluding carboxylic acids is 2. The number of hydrogen-bond donors (Lipinski definition) is 3. The lowest BCUT2D eigenvalue weighted by Crippen LogP contribution is -2.33. The molecule has 148 valence electrons. The van der Waals surface area contributed by atoms with Crippen LogP contribution < -0.4 is 10.6 Å². The predicted molar refractivity (Wildman–Crippen MR) is 107 cm³/mol. The summed E-state index contributed by atoms with van der Waals surface area (Å²) in [5.74, 6) is -0.824. The lowest BCUT2D eigenvalue weighted by atomic mass is 10.1. The van der Waals surface area contributed by atoms with Crippen LogP contribution in [0.1, 0.15) is 17.5 Å². The Hall–Kier alpha value is -2.87. The molecule has 0 aliphatic heterocycles. The number of amides is 2. The molecule has 0 saturated carbocycles. The number of hydrogen-bond acceptors (Lipinski definition) is 4. The summed E-state index contributed by atoms with van der Waals surface area (Å²) in [4.78, 5) is 34.4. The zero-order valence-corrected chi connectivity index (χ0v) is 15.9. The zero-order chi connectivity index (χ0) is 20.4. The topological polar surface area (TPSA) is 95.5 Å². The van der Waals surface area contributed by atoms with Crippen molar-refractivity contribution in [1.82, 2.24) is 5.32 Å². The van der Waals surface area contributed by atoms with E-state index in [0.29, 0.717) is 22.8 Å². The molecular formula is C20H21FN2O4S. The van der Waals surface area contributed by atoms with Gasteiger partial charge in [0, 0.05) is 17.2 Å². The number of nitrogens with one attached hydrogen (secondary N) is 2. The molecule has 6 nitrogen and oxygen atoms in total. The van der Waals surface area contributed by atoms with Crippen LogP contribution in [0, 0.1) is 5.82 Å². The van der Waals surface area contributed by atoms with E-state index in [1.54, 1.807) is 24.3 Å². The van der Waals surface area contributed by atoms with Gasteiger partial charge >= 0.3 is 5.97 Å². The van der Waals surface area contributed by atoms with Crippen LogP contribution in [-0.4, -0.2) is 35.2 Å². The first-order valence-corrected chi connectivity index (χ1v) is 9.77. The highest BCUT2D eigenvalue weighted by Crippen LogP contribution is 2.17. The number of anilines is 1. The van der Waals surface area contributed by atoms with Gasteiger partial charge in [0.05, 0.1) is 19.4 Å². The van der Waals surface area contributed by atoms with Crippen LogP contribution in [0.4, 0.5) is 10.1 Å². The van der Waals surface area contributed by atoms with E-state index in [-0.39, 0.29) is 31.2 Å². The van der Waals surface area contributed by atoms with Crippen LogP contribution in [0.15, 0.2) is 48.5 Å². The lowest BCUT2D eigenvalue weighted by molar-refractivity contribution is -0.136. The van der Waals surface area contributed by atoms with Crippen molar-refractivity contribution in [3.8, 4) is 0 Å². The van der Waals surface area contributed by atoms with Gasteiger partial charge in [0.15, 0.2) is 0 Å². The Labute approximate surface area is 166 Å². The first-order valence-electron chi connectivity index (χ1n) is 8.62. The largest absolute Gasteiger partial charge is 0.481 e. The Morgan fingerprint density at radius 2 is 1.75 bits per heavy atom. The van der Waals surface area contributed by atoms with Crippen LogP contribution in [0.3, 0.4) is 0 Å². The highest BCUT2D eigenvalue weighted by Gasteiger charge is 2.08. The molecule has 0 bridgehead atoms. The van der Waals surface area contributed by atoms with Gasteiger partial charge in [0.2, 0.25) is 11.8 Å². The van der Waals surface area contributed by atoms with Crippen LogP contribution in [0.5, 0.6) is 0 Å². The van der Waals surface area contributed by atoms with Crippen LogP contribution >= 0.6 is 11.8 Å². The maximum absolute atomic E-state index is 13.1. The van der Waals surface area contributed by atoms with E-state index in [2.05, 4.69) is 10.6 Å². The second kappa shape index (κ2) is 11.1. The van der Waals surface area contributed by atoms with Crippen molar-refractivity contribution < 1.29 is 23.9 Å². The van der Waals surface area contributed by atoms with Crippen LogP contribution in [-0.2, 0) is 26.6 Å². The molecule has 0 radical (unpaired) electrons. The number of benzene rings is 2. The molecule has 8 heteroatoms. The monoisotopic (exact) mass is 404 g/mol. The van der Waals surface area contributed by atoms with E-state index in [0.717, 1.165) is 5.56 Å². The van der Waals surface area contributed by atoms with Crippen molar-refractivity contribution in [2.75, 3.05) is 17.6 Å². The van der Waals surface area contributed by atoms with Crippen molar-refractivity contribution in [3.05, 3.63) is 65.5 Å². The summed E-state index contributed by atoms with van der Waals surface area (Å²) < 4.78 is 13.1. The standard InChI is InChI=1S/C20H21FN2O4S/c21-16-5-1-3-14(9-16)11-18(24)22-12-19(25)23-17-6-2-4-15(10-17)13-28-8-7-20(26)27/h1-6,9-10H,7-8,11-13H2,(H,22,24)(H,23,25)(H,26,27). The van der Waals surface area contributed by atoms with Crippen LogP contribution in [0.25, 0.3) is 0 Å². The van der Waals surface area contributed by atoms with Gasteiger partial charge in [-0.25, -0.2) is 4.39 Å². The summed E-state index contributed by atoms with van der Waals surface area (Å²) in [6, 6.07) is 13.0. The third-order valence-electron chi connectivity index (χ3n) is 3.64. The minimum absolute atomic E-state index is 0.00586. The second-order valence-electron chi connectivity index (χ2n) is 6.03. The molecule has 3 N–H and O–H groups in total. The summed E-state index contributed by atoms with van der Waals surface area (Å²) in [7, 11) is 0. The van der Waals surface area contributed by atoms with Crippen molar-refractivity contribution in [2.24, 2.45) is 0 Å². The molecule has 0 spiro atoms. The zero-order valence-electron chi connectivity index (χ0n) is 15.1. The molecule has 0 atom stereocenters. The Morgan fingerprint density at radius 3 is 2.50 bits per heavy atom. The maximum Gasteiger partial charge on any atom is 0.304 e. The quantitative estimate of drug-likeness (QED) is 0.529. The molecule has 0 unspecified atom stereocenters. The van der Waals surface area contributed by atoms with Crippen molar-refractivity contribution in [2.45, 2.75) is 18.6 Å². The van der Waals surface area contributed by atoms with E-state index in [1.165, 1.54) is 30.0 Å². The van der Waals surface area contributed by atoms with Gasteiger partial charge in [-0.2, -0.15) is 11.8 Å². The van der Waals surface area contributed by atoms with Gasteiger partial charge in [0.25, 0.3) is 0 Å². The fraction of sp³-hybridized carbons (Fsp3) is 0.250. The molecule has 2 aromatic carbocycles. The number of thioether (sulfide) groups is 1. The Bertz CT molecular complexity index is 844. The van der Waals surface area contributed by atoms with Gasteiger partial charge in [-0.15, -0.1) is 0 Å². The fourth-order valence-corrected chi connectivity index (χ4v) is 3.25. The number of carbonyl (C=O) groups is 3. The normalized spacial score (nSPS) is 10.3. The molecule has 2 aromatic rings. The molecule has 0 fully saturated rings. The number of carboxylic acid groups (broad SMARTS) is 1. The number of aliphatic carboxylic acids is 1. The summed E-state index contributed by atoms with van der Waals surface area (Å²) in [6.07, 6.45) is 0.102. The second-order valence-corrected chi connectivity index (χ2v) is 7.13. The van der Waals surface area contributed by atoms with Gasteiger partial charge in [-0.3, -0.25) is 14.4 Å². The number of carboxylic acids is 1. The van der Waals surface area contributed by atoms with E-state index in [9.17, 15) is 18.8 Å². The number of halogens is 1. The Kier molecular flexibility index (Phi) is 8.48. The van der Waals surface area contributed by atoms with Gasteiger partial charge in [-0.05, 0) is 35.4 Å². The summed E-state index contributed by atoms with van der Waals surface area (Å²) in [5.41, 5.74) is 2.09. The summed E-state index contributed by atoms with van der Waals surface area (Å²) in [5, 5.41) is 13.8. The van der Waals surface area contributed by atoms with Gasteiger partial charge < -0.3 is 15.7 Å². The molecule has 0 aromatic heterocycles. The minimum Gasteiger partial charge on any atom is -0.481 e. The molecule has 0 saturated heterocycles. The fourth-order valence-electron chi connectivity index (χ4n) is 2.37. The van der Waals surface area contributed by atoms with Gasteiger partial charge in [0.1, 0.15) is 5.82 Å². The average molecular weight is 404 g/mol. The third-order valence-corrected chi connectivity index (χ3v) is 4.67. The van der Waals surface area contributed by atoms with E-state index < -0.39 is 11.8 Å². The maximum atomic E-state index is 13.1. The van der Waals surface area contributed by atoms with Gasteiger partial charge in [-0.1, -0.05) is 24.3 Å². The molecular weight excluding hydrogens is 383 g/mol. The van der Waals surface area contributed by atoms with Crippen molar-refractivity contribution in [1.29, 1.82) is 0 Å². The van der Waals surface area contributed by atoms with E-state index in [1.807, 2.05) is 6.07 Å². The van der Waals surface area contributed by atoms with E-state index in [4.69, 9.17) is 5.11 Å². The molecule has 2 amide bonds. The highest BCUT2D eigenvalue weighted by molar-refractivity contribution is 7.98. The highest BCUT2D eigenvalue weighted by atomic mass is 32.2.